The van der Waals surface area contributed by atoms with Gasteiger partial charge in [-0.05, 0) is 31.0 Å². The highest BCUT2D eigenvalue weighted by Gasteiger charge is 2.16. The molecular weight excluding hydrogens is 248 g/mol. The highest BCUT2D eigenvalue weighted by Crippen LogP contribution is 2.16. The van der Waals surface area contributed by atoms with Crippen molar-refractivity contribution in [2.75, 3.05) is 13.1 Å². The second kappa shape index (κ2) is 6.55. The molecule has 0 aliphatic carbocycles. The molecule has 4 nitrogen and oxygen atoms in total. The first kappa shape index (κ1) is 14.7. The number of hydrogen-bond donors (Lipinski definition) is 2. The number of sulfonamides is 1. The average Bonchev–Trinajstić information content (AvgIpc) is 2.33. The lowest BCUT2D eigenvalue weighted by Gasteiger charge is -2.08. The highest BCUT2D eigenvalue weighted by atomic mass is 32.2. The van der Waals surface area contributed by atoms with E-state index in [0.717, 1.165) is 12.0 Å². The Morgan fingerprint density at radius 1 is 1.39 bits per heavy atom. The Kier molecular flexibility index (Phi) is 5.35. The molecule has 0 bridgehead atoms. The normalized spacial score (nSPS) is 10.8. The van der Waals surface area contributed by atoms with Crippen molar-refractivity contribution in [1.82, 2.24) is 4.72 Å². The standard InChI is InChI=1S/C13H18N2O2S/c1-3-9-15-18(16,17)13-7-6-11(2)10-12(13)5-4-8-14/h6-7,10,15H,3,8-9,14H2,1-2H3. The van der Waals surface area contributed by atoms with Crippen LogP contribution in [0.1, 0.15) is 24.5 Å². The molecule has 0 fully saturated rings. The van der Waals surface area contributed by atoms with E-state index >= 15 is 0 Å². The molecule has 0 saturated heterocycles. The van der Waals surface area contributed by atoms with Gasteiger partial charge in [0.2, 0.25) is 10.0 Å². The third kappa shape index (κ3) is 3.84. The number of benzene rings is 1. The molecule has 3 N–H and O–H groups in total. The third-order valence-corrected chi connectivity index (χ3v) is 3.81. The summed E-state index contributed by atoms with van der Waals surface area (Å²) in [5.74, 6) is 5.49. The van der Waals surface area contributed by atoms with E-state index in [2.05, 4.69) is 16.6 Å². The van der Waals surface area contributed by atoms with Crippen LogP contribution in [0, 0.1) is 18.8 Å². The Hall–Kier alpha value is -1.35. The molecule has 0 amide bonds. The zero-order chi connectivity index (χ0) is 13.6. The van der Waals surface area contributed by atoms with Crippen LogP contribution in [-0.4, -0.2) is 21.5 Å². The van der Waals surface area contributed by atoms with Crippen molar-refractivity contribution in [3.8, 4) is 11.8 Å². The van der Waals surface area contributed by atoms with Crippen molar-refractivity contribution in [2.24, 2.45) is 5.73 Å². The molecule has 0 unspecified atom stereocenters. The first-order valence-corrected chi connectivity index (χ1v) is 7.29. The molecule has 1 rings (SSSR count). The maximum Gasteiger partial charge on any atom is 0.241 e. The van der Waals surface area contributed by atoms with E-state index in [9.17, 15) is 8.42 Å². The molecule has 0 atom stereocenters. The van der Waals surface area contributed by atoms with E-state index in [1.807, 2.05) is 13.8 Å². The average molecular weight is 266 g/mol. The zero-order valence-corrected chi connectivity index (χ0v) is 11.5. The Morgan fingerprint density at radius 2 is 2.11 bits per heavy atom. The Bertz CT molecular complexity index is 568. The second-order valence-corrected chi connectivity index (χ2v) is 5.64. The minimum absolute atomic E-state index is 0.204. The van der Waals surface area contributed by atoms with Crippen molar-refractivity contribution in [2.45, 2.75) is 25.2 Å². The minimum atomic E-state index is -3.49. The van der Waals surface area contributed by atoms with Crippen molar-refractivity contribution in [3.63, 3.8) is 0 Å². The van der Waals surface area contributed by atoms with Crippen molar-refractivity contribution in [3.05, 3.63) is 29.3 Å². The van der Waals surface area contributed by atoms with Gasteiger partial charge in [0.1, 0.15) is 0 Å². The van der Waals surface area contributed by atoms with E-state index in [1.165, 1.54) is 0 Å². The van der Waals surface area contributed by atoms with Crippen LogP contribution in [0.3, 0.4) is 0 Å². The molecule has 0 heterocycles. The number of aryl methyl sites for hydroxylation is 1. The van der Waals surface area contributed by atoms with E-state index in [4.69, 9.17) is 5.73 Å². The fraction of sp³-hybridized carbons (Fsp3) is 0.385. The van der Waals surface area contributed by atoms with E-state index in [1.54, 1.807) is 18.2 Å². The maximum absolute atomic E-state index is 12.1. The van der Waals surface area contributed by atoms with Crippen LogP contribution in [0.4, 0.5) is 0 Å². The SMILES string of the molecule is CCCNS(=O)(=O)c1ccc(C)cc1C#CCN. The van der Waals surface area contributed by atoms with Gasteiger partial charge in [0.05, 0.1) is 11.4 Å². The summed E-state index contributed by atoms with van der Waals surface area (Å²) in [7, 11) is -3.49. The maximum atomic E-state index is 12.1. The Labute approximate surface area is 109 Å². The summed E-state index contributed by atoms with van der Waals surface area (Å²) >= 11 is 0. The van der Waals surface area contributed by atoms with Gasteiger partial charge in [0.15, 0.2) is 0 Å². The van der Waals surface area contributed by atoms with Gasteiger partial charge >= 0.3 is 0 Å². The van der Waals surface area contributed by atoms with Gasteiger partial charge in [-0.15, -0.1) is 0 Å². The molecular formula is C13H18N2O2S. The van der Waals surface area contributed by atoms with Crippen LogP contribution >= 0.6 is 0 Å². The second-order valence-electron chi connectivity index (χ2n) is 3.90. The number of hydrogen-bond acceptors (Lipinski definition) is 3. The van der Waals surface area contributed by atoms with E-state index < -0.39 is 10.0 Å². The molecule has 0 saturated carbocycles. The first-order chi connectivity index (χ1) is 8.51. The summed E-state index contributed by atoms with van der Waals surface area (Å²) in [6.07, 6.45) is 0.745. The van der Waals surface area contributed by atoms with Crippen LogP contribution in [-0.2, 0) is 10.0 Å². The summed E-state index contributed by atoms with van der Waals surface area (Å²) < 4.78 is 26.7. The van der Waals surface area contributed by atoms with E-state index in [0.29, 0.717) is 12.1 Å². The molecule has 18 heavy (non-hydrogen) atoms. The molecule has 98 valence electrons. The van der Waals surface area contributed by atoms with Gasteiger partial charge < -0.3 is 5.73 Å². The molecule has 0 aliphatic rings. The van der Waals surface area contributed by atoms with E-state index in [-0.39, 0.29) is 11.4 Å². The lowest BCUT2D eigenvalue weighted by Crippen LogP contribution is -2.25. The third-order valence-electron chi connectivity index (χ3n) is 2.29. The van der Waals surface area contributed by atoms with Crippen molar-refractivity contribution >= 4 is 10.0 Å². The summed E-state index contributed by atoms with van der Waals surface area (Å²) in [5, 5.41) is 0. The zero-order valence-electron chi connectivity index (χ0n) is 10.7. The number of rotatable bonds is 4. The van der Waals surface area contributed by atoms with Crippen LogP contribution < -0.4 is 10.5 Å². The number of nitrogens with one attached hydrogen (secondary N) is 1. The molecule has 5 heteroatoms. The van der Waals surface area contributed by atoms with Gasteiger partial charge in [0.25, 0.3) is 0 Å². The summed E-state index contributed by atoms with van der Waals surface area (Å²) in [4.78, 5) is 0.211. The Balaban J connectivity index is 3.23. The van der Waals surface area contributed by atoms with Gasteiger partial charge in [-0.25, -0.2) is 13.1 Å². The Morgan fingerprint density at radius 3 is 2.72 bits per heavy atom. The van der Waals surface area contributed by atoms with Gasteiger partial charge in [-0.1, -0.05) is 24.8 Å². The topological polar surface area (TPSA) is 72.2 Å². The molecule has 0 spiro atoms. The largest absolute Gasteiger partial charge is 0.320 e. The predicted octanol–water partition coefficient (Wildman–Crippen LogP) is 0.994. The summed E-state index contributed by atoms with van der Waals surface area (Å²) in [6, 6.07) is 5.09. The lowest BCUT2D eigenvalue weighted by atomic mass is 10.1. The molecule has 0 radical (unpaired) electrons. The van der Waals surface area contributed by atoms with Gasteiger partial charge in [-0.3, -0.25) is 0 Å². The van der Waals surface area contributed by atoms with Crippen LogP contribution in [0.5, 0.6) is 0 Å². The van der Waals surface area contributed by atoms with Gasteiger partial charge in [0, 0.05) is 12.1 Å². The summed E-state index contributed by atoms with van der Waals surface area (Å²) in [6.45, 7) is 4.42. The molecule has 1 aromatic rings. The monoisotopic (exact) mass is 266 g/mol. The molecule has 0 aliphatic heterocycles. The van der Waals surface area contributed by atoms with Crippen molar-refractivity contribution < 1.29 is 8.42 Å². The quantitative estimate of drug-likeness (QED) is 0.798. The van der Waals surface area contributed by atoms with Crippen molar-refractivity contribution in [1.29, 1.82) is 0 Å². The van der Waals surface area contributed by atoms with Crippen LogP contribution in [0.15, 0.2) is 23.1 Å². The molecule has 0 aromatic heterocycles. The minimum Gasteiger partial charge on any atom is -0.320 e. The molecule has 1 aromatic carbocycles. The number of nitrogens with two attached hydrogens (primary N) is 1. The highest BCUT2D eigenvalue weighted by molar-refractivity contribution is 7.89. The van der Waals surface area contributed by atoms with Crippen LogP contribution in [0.25, 0.3) is 0 Å². The fourth-order valence-corrected chi connectivity index (χ4v) is 2.71. The fourth-order valence-electron chi connectivity index (χ4n) is 1.44. The smallest absolute Gasteiger partial charge is 0.241 e. The predicted molar refractivity (Wildman–Crippen MR) is 72.6 cm³/mol. The van der Waals surface area contributed by atoms with Crippen LogP contribution in [0.2, 0.25) is 0 Å². The lowest BCUT2D eigenvalue weighted by molar-refractivity contribution is 0.580. The van der Waals surface area contributed by atoms with Gasteiger partial charge in [-0.2, -0.15) is 0 Å². The first-order valence-electron chi connectivity index (χ1n) is 5.80. The summed E-state index contributed by atoms with van der Waals surface area (Å²) in [5.41, 5.74) is 6.77.